The van der Waals surface area contributed by atoms with E-state index in [2.05, 4.69) is 5.32 Å². The number of furan rings is 1. The first-order valence-corrected chi connectivity index (χ1v) is 8.94. The number of aryl methyl sites for hydroxylation is 1. The second-order valence-corrected chi connectivity index (χ2v) is 7.55. The van der Waals surface area contributed by atoms with Gasteiger partial charge in [-0.1, -0.05) is 12.1 Å². The summed E-state index contributed by atoms with van der Waals surface area (Å²) in [4.78, 5) is 12.2. The minimum atomic E-state index is -3.08. The van der Waals surface area contributed by atoms with E-state index in [0.29, 0.717) is 16.9 Å². The molecule has 0 aliphatic heterocycles. The van der Waals surface area contributed by atoms with Crippen molar-refractivity contribution in [3.8, 4) is 0 Å². The number of carbonyl (C=O) groups excluding carboxylic acids is 1. The molecule has 5 nitrogen and oxygen atoms in total. The van der Waals surface area contributed by atoms with E-state index in [1.807, 2.05) is 26.0 Å². The van der Waals surface area contributed by atoms with Crippen LogP contribution in [0.15, 0.2) is 40.8 Å². The first kappa shape index (κ1) is 16.3. The van der Waals surface area contributed by atoms with Gasteiger partial charge >= 0.3 is 0 Å². The highest BCUT2D eigenvalue weighted by Gasteiger charge is 2.14. The number of amides is 1. The lowest BCUT2D eigenvalue weighted by Crippen LogP contribution is -2.26. The quantitative estimate of drug-likeness (QED) is 0.918. The van der Waals surface area contributed by atoms with Crippen molar-refractivity contribution in [3.05, 3.63) is 59.0 Å². The van der Waals surface area contributed by atoms with Crippen molar-refractivity contribution in [3.63, 3.8) is 0 Å². The molecule has 0 aliphatic carbocycles. The zero-order valence-corrected chi connectivity index (χ0v) is 13.6. The van der Waals surface area contributed by atoms with E-state index in [9.17, 15) is 13.2 Å². The molecule has 1 aromatic heterocycles. The molecule has 0 bridgehead atoms. The Labute approximate surface area is 130 Å². The summed E-state index contributed by atoms with van der Waals surface area (Å²) in [6, 6.07) is 9.98. The summed E-state index contributed by atoms with van der Waals surface area (Å²) in [6.07, 6.45) is 1.18. The normalized spacial score (nSPS) is 12.9. The average molecular weight is 321 g/mol. The molecular formula is C16H19NO4S. The van der Waals surface area contributed by atoms with E-state index in [0.717, 1.165) is 5.76 Å². The van der Waals surface area contributed by atoms with Crippen molar-refractivity contribution in [1.29, 1.82) is 0 Å². The lowest BCUT2D eigenvalue weighted by atomic mass is 10.1. The van der Waals surface area contributed by atoms with Gasteiger partial charge in [0, 0.05) is 11.8 Å². The van der Waals surface area contributed by atoms with Gasteiger partial charge < -0.3 is 9.73 Å². The van der Waals surface area contributed by atoms with Crippen molar-refractivity contribution in [2.24, 2.45) is 0 Å². The van der Waals surface area contributed by atoms with Gasteiger partial charge in [0.15, 0.2) is 9.84 Å². The van der Waals surface area contributed by atoms with E-state index in [1.54, 1.807) is 24.3 Å². The number of nitrogens with one attached hydrogen (secondary N) is 1. The minimum Gasteiger partial charge on any atom is -0.464 e. The molecule has 1 atom stereocenters. The SMILES string of the molecule is Cc1ccc(C(C)NC(=O)c2ccc(CS(C)(=O)=O)cc2)o1. The number of carbonyl (C=O) groups is 1. The molecular weight excluding hydrogens is 302 g/mol. The van der Waals surface area contributed by atoms with Crippen LogP contribution in [0.2, 0.25) is 0 Å². The van der Waals surface area contributed by atoms with Crippen LogP contribution in [-0.4, -0.2) is 20.6 Å². The molecule has 0 saturated carbocycles. The van der Waals surface area contributed by atoms with Crippen molar-refractivity contribution >= 4 is 15.7 Å². The Hall–Kier alpha value is -2.08. The summed E-state index contributed by atoms with van der Waals surface area (Å²) < 4.78 is 27.9. The van der Waals surface area contributed by atoms with Gasteiger partial charge in [-0.25, -0.2) is 8.42 Å². The summed E-state index contributed by atoms with van der Waals surface area (Å²) in [5.74, 6) is 1.23. The standard InChI is InChI=1S/C16H19NO4S/c1-11-4-9-15(21-11)12(2)17-16(18)14-7-5-13(6-8-14)10-22(3,19)20/h4-9,12H,10H2,1-3H3,(H,17,18). The van der Waals surface area contributed by atoms with E-state index in [-0.39, 0.29) is 17.7 Å². The molecule has 22 heavy (non-hydrogen) atoms. The molecule has 1 heterocycles. The summed E-state index contributed by atoms with van der Waals surface area (Å²) in [5.41, 5.74) is 1.14. The second kappa shape index (κ2) is 6.36. The molecule has 2 aromatic rings. The fourth-order valence-corrected chi connectivity index (χ4v) is 2.89. The number of benzene rings is 1. The molecule has 118 valence electrons. The lowest BCUT2D eigenvalue weighted by molar-refractivity contribution is 0.0935. The molecule has 6 heteroatoms. The molecule has 1 unspecified atom stereocenters. The van der Waals surface area contributed by atoms with Crippen LogP contribution in [0.25, 0.3) is 0 Å². The van der Waals surface area contributed by atoms with Crippen molar-refractivity contribution < 1.29 is 17.6 Å². The Bertz CT molecular complexity index is 760. The highest BCUT2D eigenvalue weighted by atomic mass is 32.2. The van der Waals surface area contributed by atoms with E-state index < -0.39 is 9.84 Å². The summed E-state index contributed by atoms with van der Waals surface area (Å²) in [7, 11) is -3.08. The Morgan fingerprint density at radius 2 is 1.82 bits per heavy atom. The summed E-state index contributed by atoms with van der Waals surface area (Å²) in [6.45, 7) is 3.69. The van der Waals surface area contributed by atoms with Crippen molar-refractivity contribution in [2.75, 3.05) is 6.26 Å². The van der Waals surface area contributed by atoms with Crippen LogP contribution < -0.4 is 5.32 Å². The number of sulfone groups is 1. The van der Waals surface area contributed by atoms with E-state index >= 15 is 0 Å². The average Bonchev–Trinajstić information content (AvgIpc) is 2.84. The summed E-state index contributed by atoms with van der Waals surface area (Å²) >= 11 is 0. The predicted octanol–water partition coefficient (Wildman–Crippen LogP) is 2.62. The first-order valence-electron chi connectivity index (χ1n) is 6.88. The number of rotatable bonds is 5. The molecule has 0 saturated heterocycles. The maximum atomic E-state index is 12.2. The Morgan fingerprint density at radius 1 is 1.18 bits per heavy atom. The molecule has 0 spiro atoms. The number of hydrogen-bond acceptors (Lipinski definition) is 4. The fraction of sp³-hybridized carbons (Fsp3) is 0.312. The van der Waals surface area contributed by atoms with E-state index in [1.165, 1.54) is 6.26 Å². The van der Waals surface area contributed by atoms with Crippen LogP contribution in [0.5, 0.6) is 0 Å². The highest BCUT2D eigenvalue weighted by molar-refractivity contribution is 7.89. The van der Waals surface area contributed by atoms with Gasteiger partial charge in [0.25, 0.3) is 5.91 Å². The van der Waals surface area contributed by atoms with Gasteiger partial charge in [0.1, 0.15) is 11.5 Å². The summed E-state index contributed by atoms with van der Waals surface area (Å²) in [5, 5.41) is 2.84. The van der Waals surface area contributed by atoms with Gasteiger partial charge in [-0.05, 0) is 43.7 Å². The minimum absolute atomic E-state index is 0.0308. The molecule has 0 aliphatic rings. The third kappa shape index (κ3) is 4.46. The van der Waals surface area contributed by atoms with Gasteiger partial charge in [-0.15, -0.1) is 0 Å². The van der Waals surface area contributed by atoms with Crippen molar-refractivity contribution in [1.82, 2.24) is 5.32 Å². The fourth-order valence-electron chi connectivity index (χ4n) is 2.09. The molecule has 1 aromatic carbocycles. The molecule has 2 rings (SSSR count). The lowest BCUT2D eigenvalue weighted by Gasteiger charge is -2.11. The largest absolute Gasteiger partial charge is 0.464 e. The van der Waals surface area contributed by atoms with Gasteiger partial charge in [0.2, 0.25) is 0 Å². The Balaban J connectivity index is 2.03. The van der Waals surface area contributed by atoms with Crippen LogP contribution in [-0.2, 0) is 15.6 Å². The van der Waals surface area contributed by atoms with Gasteiger partial charge in [-0.3, -0.25) is 4.79 Å². The van der Waals surface area contributed by atoms with Crippen LogP contribution in [0.1, 0.15) is 40.4 Å². The van der Waals surface area contributed by atoms with Gasteiger partial charge in [0.05, 0.1) is 11.8 Å². The monoisotopic (exact) mass is 321 g/mol. The Morgan fingerprint density at radius 3 is 2.32 bits per heavy atom. The molecule has 1 amide bonds. The van der Waals surface area contributed by atoms with Gasteiger partial charge in [-0.2, -0.15) is 0 Å². The second-order valence-electron chi connectivity index (χ2n) is 5.41. The highest BCUT2D eigenvalue weighted by Crippen LogP contribution is 2.16. The Kier molecular flexibility index (Phi) is 4.71. The third-order valence-electron chi connectivity index (χ3n) is 3.18. The maximum Gasteiger partial charge on any atom is 0.251 e. The van der Waals surface area contributed by atoms with Crippen molar-refractivity contribution in [2.45, 2.75) is 25.6 Å². The van der Waals surface area contributed by atoms with E-state index in [4.69, 9.17) is 4.42 Å². The van der Waals surface area contributed by atoms with Crippen LogP contribution >= 0.6 is 0 Å². The zero-order valence-electron chi connectivity index (χ0n) is 12.8. The molecule has 0 radical (unpaired) electrons. The third-order valence-corrected chi connectivity index (χ3v) is 4.04. The maximum absolute atomic E-state index is 12.2. The van der Waals surface area contributed by atoms with Crippen LogP contribution in [0, 0.1) is 6.92 Å². The van der Waals surface area contributed by atoms with Crippen LogP contribution in [0.4, 0.5) is 0 Å². The predicted molar refractivity (Wildman–Crippen MR) is 84.3 cm³/mol. The van der Waals surface area contributed by atoms with Crippen LogP contribution in [0.3, 0.4) is 0 Å². The molecule has 1 N–H and O–H groups in total. The zero-order chi connectivity index (χ0) is 16.3. The number of hydrogen-bond donors (Lipinski definition) is 1. The smallest absolute Gasteiger partial charge is 0.251 e. The topological polar surface area (TPSA) is 76.4 Å². The molecule has 0 fully saturated rings. The first-order chi connectivity index (χ1) is 10.2.